The normalized spacial score (nSPS) is 11.7. The van der Waals surface area contributed by atoms with E-state index in [1.54, 1.807) is 12.1 Å². The van der Waals surface area contributed by atoms with Crippen molar-refractivity contribution < 1.29 is 19.1 Å². The Morgan fingerprint density at radius 2 is 1.93 bits per heavy atom. The maximum Gasteiger partial charge on any atom is 0.414 e. The van der Waals surface area contributed by atoms with Gasteiger partial charge in [-0.25, -0.2) is 14.1 Å². The number of hydrogen-bond acceptors (Lipinski definition) is 6. The minimum Gasteiger partial charge on any atom is -0.465 e. The standard InChI is InChI=1S/C20H15ClFN5O3/c1-2-27(20(29)30)19(28)18(11-24)26-25-14-7-8-15(17(21)9-14)16(10-23)12-3-5-13(22)6-4-12/h3-9,16,25H,2H2,1H3,(H,29,30). The average molecular weight is 428 g/mol. The Balaban J connectivity index is 2.26. The Kier molecular flexibility index (Phi) is 7.45. The fourth-order valence-corrected chi connectivity index (χ4v) is 2.83. The molecule has 30 heavy (non-hydrogen) atoms. The fourth-order valence-electron chi connectivity index (χ4n) is 2.54. The molecule has 152 valence electrons. The summed E-state index contributed by atoms with van der Waals surface area (Å²) in [4.78, 5) is 23.5. The van der Waals surface area contributed by atoms with Crippen molar-refractivity contribution in [3.8, 4) is 12.1 Å². The number of carbonyl (C=O) groups is 2. The van der Waals surface area contributed by atoms with Gasteiger partial charge in [-0.2, -0.15) is 15.6 Å². The van der Waals surface area contributed by atoms with Gasteiger partial charge in [-0.3, -0.25) is 10.2 Å². The third kappa shape index (κ3) is 5.10. The lowest BCUT2D eigenvalue weighted by Crippen LogP contribution is -2.40. The molecule has 2 rings (SSSR count). The number of benzene rings is 2. The molecule has 2 N–H and O–H groups in total. The van der Waals surface area contributed by atoms with Crippen LogP contribution in [-0.2, 0) is 4.79 Å². The van der Waals surface area contributed by atoms with Crippen LogP contribution in [0.4, 0.5) is 14.9 Å². The number of hydrogen-bond donors (Lipinski definition) is 2. The summed E-state index contributed by atoms with van der Waals surface area (Å²) in [6.07, 6.45) is -1.50. The molecule has 0 heterocycles. The van der Waals surface area contributed by atoms with Gasteiger partial charge in [-0.05, 0) is 42.3 Å². The van der Waals surface area contributed by atoms with Crippen LogP contribution in [0.5, 0.6) is 0 Å². The third-order valence-corrected chi connectivity index (χ3v) is 4.37. The fraction of sp³-hybridized carbons (Fsp3) is 0.150. The number of amides is 2. The summed E-state index contributed by atoms with van der Waals surface area (Å²) < 4.78 is 13.1. The summed E-state index contributed by atoms with van der Waals surface area (Å²) in [6.45, 7) is 1.30. The average Bonchev–Trinajstić information content (AvgIpc) is 2.72. The lowest BCUT2D eigenvalue weighted by molar-refractivity contribution is -0.121. The van der Waals surface area contributed by atoms with Crippen molar-refractivity contribution >= 4 is 35.0 Å². The number of nitriles is 2. The zero-order valence-corrected chi connectivity index (χ0v) is 16.4. The van der Waals surface area contributed by atoms with E-state index in [4.69, 9.17) is 22.0 Å². The number of carbonyl (C=O) groups excluding carboxylic acids is 1. The Hall–Kier alpha value is -3.95. The Labute approximate surface area is 176 Å². The van der Waals surface area contributed by atoms with E-state index in [-0.39, 0.29) is 11.6 Å². The first-order valence-electron chi connectivity index (χ1n) is 8.55. The number of rotatable bonds is 6. The van der Waals surface area contributed by atoms with E-state index in [1.165, 1.54) is 43.3 Å². The van der Waals surface area contributed by atoms with Crippen molar-refractivity contribution in [3.63, 3.8) is 0 Å². The number of anilines is 1. The number of hydrazone groups is 1. The predicted octanol–water partition coefficient (Wildman–Crippen LogP) is 3.95. The molecular formula is C20H15ClFN5O3. The zero-order chi connectivity index (χ0) is 22.3. The molecule has 0 radical (unpaired) electrons. The van der Waals surface area contributed by atoms with Crippen LogP contribution in [0.25, 0.3) is 0 Å². The van der Waals surface area contributed by atoms with Crippen LogP contribution < -0.4 is 5.43 Å². The molecule has 1 atom stereocenters. The van der Waals surface area contributed by atoms with E-state index >= 15 is 0 Å². The van der Waals surface area contributed by atoms with Gasteiger partial charge in [0.05, 0.1) is 17.7 Å². The minimum absolute atomic E-state index is 0.145. The zero-order valence-electron chi connectivity index (χ0n) is 15.6. The Bertz CT molecular complexity index is 1070. The number of halogens is 2. The van der Waals surface area contributed by atoms with Crippen LogP contribution in [0.15, 0.2) is 47.6 Å². The SMILES string of the molecule is CCN(C(=O)O)C(=O)C(C#N)=NNc1ccc(C(C#N)c2ccc(F)cc2)c(Cl)c1. The highest BCUT2D eigenvalue weighted by molar-refractivity contribution is 6.46. The van der Waals surface area contributed by atoms with Crippen molar-refractivity contribution in [2.45, 2.75) is 12.8 Å². The summed E-state index contributed by atoms with van der Waals surface area (Å²) in [6, 6.07) is 13.6. The van der Waals surface area contributed by atoms with Crippen LogP contribution >= 0.6 is 11.6 Å². The van der Waals surface area contributed by atoms with Crippen molar-refractivity contribution in [3.05, 3.63) is 64.4 Å². The van der Waals surface area contributed by atoms with Crippen molar-refractivity contribution in [1.82, 2.24) is 4.90 Å². The second-order valence-corrected chi connectivity index (χ2v) is 6.27. The van der Waals surface area contributed by atoms with Crippen molar-refractivity contribution in [1.29, 1.82) is 10.5 Å². The lowest BCUT2D eigenvalue weighted by Gasteiger charge is -2.14. The van der Waals surface area contributed by atoms with E-state index in [1.807, 2.05) is 0 Å². The highest BCUT2D eigenvalue weighted by Gasteiger charge is 2.24. The van der Waals surface area contributed by atoms with Crippen molar-refractivity contribution in [2.75, 3.05) is 12.0 Å². The number of carboxylic acid groups (broad SMARTS) is 1. The van der Waals surface area contributed by atoms with Crippen LogP contribution in [0, 0.1) is 28.5 Å². The minimum atomic E-state index is -1.50. The molecule has 1 unspecified atom stereocenters. The molecule has 8 nitrogen and oxygen atoms in total. The van der Waals surface area contributed by atoms with Gasteiger partial charge in [0, 0.05) is 11.6 Å². The van der Waals surface area contributed by atoms with E-state index < -0.39 is 29.4 Å². The molecule has 0 saturated carbocycles. The van der Waals surface area contributed by atoms with Gasteiger partial charge in [0.2, 0.25) is 5.71 Å². The van der Waals surface area contributed by atoms with E-state index in [0.717, 1.165) is 0 Å². The Morgan fingerprint density at radius 1 is 1.27 bits per heavy atom. The van der Waals surface area contributed by atoms with Crippen LogP contribution in [0.1, 0.15) is 24.0 Å². The largest absolute Gasteiger partial charge is 0.465 e. The summed E-state index contributed by atoms with van der Waals surface area (Å²) in [5.74, 6) is -2.23. The number of nitrogens with one attached hydrogen (secondary N) is 1. The quantitative estimate of drug-likeness (QED) is 0.530. The van der Waals surface area contributed by atoms with Gasteiger partial charge in [0.1, 0.15) is 11.9 Å². The molecule has 0 fully saturated rings. The highest BCUT2D eigenvalue weighted by atomic mass is 35.5. The second-order valence-electron chi connectivity index (χ2n) is 5.87. The molecule has 0 spiro atoms. The molecule has 0 saturated heterocycles. The maximum absolute atomic E-state index is 13.1. The first-order chi connectivity index (χ1) is 14.3. The maximum atomic E-state index is 13.1. The smallest absolute Gasteiger partial charge is 0.414 e. The molecule has 10 heteroatoms. The van der Waals surface area contributed by atoms with Crippen LogP contribution in [-0.4, -0.2) is 34.3 Å². The first kappa shape index (κ1) is 22.3. The van der Waals surface area contributed by atoms with Crippen molar-refractivity contribution in [2.24, 2.45) is 5.10 Å². The predicted molar refractivity (Wildman–Crippen MR) is 107 cm³/mol. The molecule has 2 amide bonds. The monoisotopic (exact) mass is 427 g/mol. The Morgan fingerprint density at radius 3 is 2.43 bits per heavy atom. The van der Waals surface area contributed by atoms with Gasteiger partial charge in [-0.15, -0.1) is 0 Å². The van der Waals surface area contributed by atoms with Gasteiger partial charge >= 0.3 is 6.09 Å². The third-order valence-electron chi connectivity index (χ3n) is 4.04. The van der Waals surface area contributed by atoms with E-state index in [2.05, 4.69) is 16.6 Å². The molecule has 0 aliphatic carbocycles. The van der Waals surface area contributed by atoms with E-state index in [9.17, 15) is 19.2 Å². The topological polar surface area (TPSA) is 130 Å². The number of imide groups is 1. The first-order valence-corrected chi connectivity index (χ1v) is 8.93. The summed E-state index contributed by atoms with van der Waals surface area (Å²) in [5, 5.41) is 31.5. The lowest BCUT2D eigenvalue weighted by atomic mass is 9.92. The highest BCUT2D eigenvalue weighted by Crippen LogP contribution is 2.32. The van der Waals surface area contributed by atoms with Gasteiger partial charge in [0.15, 0.2) is 0 Å². The molecule has 2 aromatic carbocycles. The molecule has 0 aliphatic rings. The van der Waals surface area contributed by atoms with E-state index in [0.29, 0.717) is 21.7 Å². The molecule has 2 aromatic rings. The van der Waals surface area contributed by atoms with Gasteiger partial charge in [0.25, 0.3) is 5.91 Å². The molecule has 0 aliphatic heterocycles. The molecule has 0 bridgehead atoms. The number of nitrogens with zero attached hydrogens (tertiary/aromatic N) is 4. The second kappa shape index (κ2) is 10.0. The van der Waals surface area contributed by atoms with Crippen LogP contribution in [0.3, 0.4) is 0 Å². The van der Waals surface area contributed by atoms with Crippen LogP contribution in [0.2, 0.25) is 5.02 Å². The van der Waals surface area contributed by atoms with Gasteiger partial charge in [-0.1, -0.05) is 29.8 Å². The van der Waals surface area contributed by atoms with Gasteiger partial charge < -0.3 is 5.11 Å². The summed E-state index contributed by atoms with van der Waals surface area (Å²) >= 11 is 6.28. The summed E-state index contributed by atoms with van der Waals surface area (Å²) in [5.41, 5.74) is 3.16. The summed E-state index contributed by atoms with van der Waals surface area (Å²) in [7, 11) is 0. The molecule has 0 aromatic heterocycles. The molecular weight excluding hydrogens is 413 g/mol.